The van der Waals surface area contributed by atoms with Crippen molar-refractivity contribution in [2.24, 2.45) is 0 Å². The molecule has 2 rings (SSSR count). The van der Waals surface area contributed by atoms with Crippen molar-refractivity contribution in [3.8, 4) is 11.1 Å². The van der Waals surface area contributed by atoms with Crippen molar-refractivity contribution in [2.45, 2.75) is 19.4 Å². The quantitative estimate of drug-likeness (QED) is 0.906. The molecule has 0 saturated carbocycles. The van der Waals surface area contributed by atoms with Crippen LogP contribution in [0.2, 0.25) is 0 Å². The van der Waals surface area contributed by atoms with E-state index in [4.69, 9.17) is 10.2 Å². The van der Waals surface area contributed by atoms with E-state index in [9.17, 15) is 13.2 Å². The Morgan fingerprint density at radius 3 is 1.65 bits per heavy atom. The zero-order valence-electron chi connectivity index (χ0n) is 10.5. The van der Waals surface area contributed by atoms with Crippen molar-refractivity contribution in [1.29, 1.82) is 0 Å². The van der Waals surface area contributed by atoms with Crippen molar-refractivity contribution in [3.05, 3.63) is 59.2 Å². The molecule has 0 fully saturated rings. The third-order valence-electron chi connectivity index (χ3n) is 2.96. The van der Waals surface area contributed by atoms with Crippen molar-refractivity contribution < 1.29 is 23.4 Å². The lowest BCUT2D eigenvalue weighted by Crippen LogP contribution is -2.04. The molecule has 0 amide bonds. The Morgan fingerprint density at radius 2 is 1.25 bits per heavy atom. The molecule has 5 heteroatoms. The van der Waals surface area contributed by atoms with Gasteiger partial charge in [0.1, 0.15) is 0 Å². The van der Waals surface area contributed by atoms with Crippen LogP contribution in [-0.4, -0.2) is 10.2 Å². The molecule has 2 N–H and O–H groups in total. The van der Waals surface area contributed by atoms with Gasteiger partial charge in [0.25, 0.3) is 0 Å². The summed E-state index contributed by atoms with van der Waals surface area (Å²) in [4.78, 5) is 0. The van der Waals surface area contributed by atoms with Crippen LogP contribution in [0.3, 0.4) is 0 Å². The molecule has 0 radical (unpaired) electrons. The first-order valence-corrected chi connectivity index (χ1v) is 5.96. The maximum Gasteiger partial charge on any atom is 0.416 e. The monoisotopic (exact) mass is 282 g/mol. The number of aliphatic hydroxyl groups is 2. The second kappa shape index (κ2) is 5.64. The zero-order valence-corrected chi connectivity index (χ0v) is 10.5. The van der Waals surface area contributed by atoms with Crippen molar-refractivity contribution >= 4 is 0 Å². The summed E-state index contributed by atoms with van der Waals surface area (Å²) in [6, 6.07) is 9.79. The zero-order chi connectivity index (χ0) is 14.8. The van der Waals surface area contributed by atoms with Gasteiger partial charge in [0.15, 0.2) is 0 Å². The molecular weight excluding hydrogens is 269 g/mol. The summed E-state index contributed by atoms with van der Waals surface area (Å²) in [6.45, 7) is -0.386. The fourth-order valence-electron chi connectivity index (χ4n) is 1.96. The van der Waals surface area contributed by atoms with Crippen LogP contribution in [0.15, 0.2) is 42.5 Å². The highest BCUT2D eigenvalue weighted by molar-refractivity contribution is 5.65. The topological polar surface area (TPSA) is 40.5 Å². The molecule has 0 aromatic heterocycles. The number of benzene rings is 2. The smallest absolute Gasteiger partial charge is 0.392 e. The lowest BCUT2D eigenvalue weighted by atomic mass is 9.99. The fourth-order valence-corrected chi connectivity index (χ4v) is 1.96. The molecular formula is C15H13F3O2. The SMILES string of the molecule is OCc1cc(CO)cc(-c2ccc(C(F)(F)F)cc2)c1. The Hall–Kier alpha value is -1.85. The number of hydrogen-bond donors (Lipinski definition) is 2. The van der Waals surface area contributed by atoms with E-state index in [1.807, 2.05) is 0 Å². The summed E-state index contributed by atoms with van der Waals surface area (Å²) < 4.78 is 37.5. The maximum absolute atomic E-state index is 12.5. The van der Waals surface area contributed by atoms with Gasteiger partial charge in [0.2, 0.25) is 0 Å². The minimum absolute atomic E-state index is 0.193. The minimum Gasteiger partial charge on any atom is -0.392 e. The van der Waals surface area contributed by atoms with E-state index in [0.717, 1.165) is 12.1 Å². The van der Waals surface area contributed by atoms with Crippen molar-refractivity contribution in [2.75, 3.05) is 0 Å². The first-order chi connectivity index (χ1) is 9.44. The van der Waals surface area contributed by atoms with Gasteiger partial charge < -0.3 is 10.2 Å². The van der Waals surface area contributed by atoms with E-state index < -0.39 is 11.7 Å². The van der Waals surface area contributed by atoms with Gasteiger partial charge in [-0.25, -0.2) is 0 Å². The average Bonchev–Trinajstić information content (AvgIpc) is 2.46. The molecule has 2 aromatic carbocycles. The lowest BCUT2D eigenvalue weighted by molar-refractivity contribution is -0.137. The summed E-state index contributed by atoms with van der Waals surface area (Å²) >= 11 is 0. The van der Waals surface area contributed by atoms with Crippen LogP contribution in [-0.2, 0) is 19.4 Å². The molecule has 2 nitrogen and oxygen atoms in total. The Balaban J connectivity index is 2.41. The van der Waals surface area contributed by atoms with Gasteiger partial charge in [-0.1, -0.05) is 18.2 Å². The molecule has 0 atom stereocenters. The van der Waals surface area contributed by atoms with Gasteiger partial charge in [0, 0.05) is 0 Å². The first-order valence-electron chi connectivity index (χ1n) is 5.96. The van der Waals surface area contributed by atoms with E-state index in [1.165, 1.54) is 12.1 Å². The van der Waals surface area contributed by atoms with Gasteiger partial charge >= 0.3 is 6.18 Å². The standard InChI is InChI=1S/C15H13F3O2/c16-15(17,18)14-3-1-12(2-4-14)13-6-10(8-19)5-11(7-13)9-20/h1-7,19-20H,8-9H2. The highest BCUT2D eigenvalue weighted by Gasteiger charge is 2.29. The second-order valence-corrected chi connectivity index (χ2v) is 4.43. The molecule has 20 heavy (non-hydrogen) atoms. The van der Waals surface area contributed by atoms with E-state index in [1.54, 1.807) is 18.2 Å². The molecule has 0 aliphatic rings. The molecule has 2 aromatic rings. The number of halogens is 3. The lowest BCUT2D eigenvalue weighted by Gasteiger charge is -2.10. The van der Waals surface area contributed by atoms with Gasteiger partial charge in [-0.3, -0.25) is 0 Å². The van der Waals surface area contributed by atoms with Crippen LogP contribution in [0.5, 0.6) is 0 Å². The van der Waals surface area contributed by atoms with Gasteiger partial charge in [0.05, 0.1) is 18.8 Å². The highest BCUT2D eigenvalue weighted by Crippen LogP contribution is 2.31. The van der Waals surface area contributed by atoms with Crippen LogP contribution in [0.1, 0.15) is 16.7 Å². The number of rotatable bonds is 3. The third kappa shape index (κ3) is 3.18. The summed E-state index contributed by atoms with van der Waals surface area (Å²) in [7, 11) is 0. The van der Waals surface area contributed by atoms with Crippen LogP contribution in [0.4, 0.5) is 13.2 Å². The largest absolute Gasteiger partial charge is 0.416 e. The van der Waals surface area contributed by atoms with Crippen LogP contribution >= 0.6 is 0 Å². The third-order valence-corrected chi connectivity index (χ3v) is 2.96. The van der Waals surface area contributed by atoms with Gasteiger partial charge in [-0.2, -0.15) is 13.2 Å². The normalized spacial score (nSPS) is 11.7. The predicted molar refractivity (Wildman–Crippen MR) is 68.7 cm³/mol. The fraction of sp³-hybridized carbons (Fsp3) is 0.200. The summed E-state index contributed by atoms with van der Waals surface area (Å²) in [5, 5.41) is 18.3. The average molecular weight is 282 g/mol. The summed E-state index contributed by atoms with van der Waals surface area (Å²) in [6.07, 6.45) is -4.36. The Labute approximate surface area is 114 Å². The Bertz CT molecular complexity index is 567. The van der Waals surface area contributed by atoms with Gasteiger partial charge in [-0.05, 0) is 46.5 Å². The van der Waals surface area contributed by atoms with Crippen LogP contribution in [0.25, 0.3) is 11.1 Å². The van der Waals surface area contributed by atoms with E-state index in [0.29, 0.717) is 22.3 Å². The molecule has 0 bridgehead atoms. The minimum atomic E-state index is -4.36. The van der Waals surface area contributed by atoms with E-state index in [-0.39, 0.29) is 13.2 Å². The van der Waals surface area contributed by atoms with E-state index in [2.05, 4.69) is 0 Å². The molecule has 0 spiro atoms. The number of alkyl halides is 3. The molecule has 0 unspecified atom stereocenters. The second-order valence-electron chi connectivity index (χ2n) is 4.43. The molecule has 0 aliphatic heterocycles. The van der Waals surface area contributed by atoms with Gasteiger partial charge in [-0.15, -0.1) is 0 Å². The van der Waals surface area contributed by atoms with Crippen molar-refractivity contribution in [3.63, 3.8) is 0 Å². The Morgan fingerprint density at radius 1 is 0.750 bits per heavy atom. The van der Waals surface area contributed by atoms with Crippen LogP contribution in [0, 0.1) is 0 Å². The number of aliphatic hydroxyl groups excluding tert-OH is 2. The maximum atomic E-state index is 12.5. The molecule has 0 heterocycles. The first kappa shape index (κ1) is 14.6. The predicted octanol–water partition coefficient (Wildman–Crippen LogP) is 3.36. The summed E-state index contributed by atoms with van der Waals surface area (Å²) in [5.41, 5.74) is 1.76. The Kier molecular flexibility index (Phi) is 4.11. The summed E-state index contributed by atoms with van der Waals surface area (Å²) in [5.74, 6) is 0. The highest BCUT2D eigenvalue weighted by atomic mass is 19.4. The van der Waals surface area contributed by atoms with Crippen LogP contribution < -0.4 is 0 Å². The molecule has 106 valence electrons. The van der Waals surface area contributed by atoms with Crippen molar-refractivity contribution in [1.82, 2.24) is 0 Å². The molecule has 0 aliphatic carbocycles. The number of hydrogen-bond acceptors (Lipinski definition) is 2. The molecule has 0 saturated heterocycles. The van der Waals surface area contributed by atoms with E-state index >= 15 is 0 Å².